The van der Waals surface area contributed by atoms with E-state index in [1.54, 1.807) is 0 Å². The number of aliphatic carboxylic acids is 1. The van der Waals surface area contributed by atoms with Gasteiger partial charge in [0, 0.05) is 0 Å². The molecule has 0 spiro atoms. The first-order chi connectivity index (χ1) is 9.16. The van der Waals surface area contributed by atoms with Crippen LogP contribution in [0.2, 0.25) is 0 Å². The highest BCUT2D eigenvalue weighted by molar-refractivity contribution is 5.78. The van der Waals surface area contributed by atoms with Crippen molar-refractivity contribution < 1.29 is 19.4 Å². The number of hydrogen-bond acceptors (Lipinski definition) is 3. The smallest absolute Gasteiger partial charge is 0.329 e. The molecular formula is C14H17NO4. The highest BCUT2D eigenvalue weighted by Crippen LogP contribution is 2.29. The van der Waals surface area contributed by atoms with Crippen molar-refractivity contribution in [1.82, 2.24) is 5.32 Å². The van der Waals surface area contributed by atoms with Crippen molar-refractivity contribution in [2.45, 2.75) is 25.3 Å². The van der Waals surface area contributed by atoms with E-state index in [2.05, 4.69) is 11.4 Å². The highest BCUT2D eigenvalue weighted by atomic mass is 16.5. The summed E-state index contributed by atoms with van der Waals surface area (Å²) in [6, 6.07) is 8.07. The van der Waals surface area contributed by atoms with Crippen molar-refractivity contribution >= 4 is 11.9 Å². The van der Waals surface area contributed by atoms with Crippen LogP contribution in [0.15, 0.2) is 24.3 Å². The average Bonchev–Trinajstić information content (AvgIpc) is 2.39. The zero-order valence-electron chi connectivity index (χ0n) is 10.6. The van der Waals surface area contributed by atoms with Gasteiger partial charge in [0.15, 0.2) is 0 Å². The fourth-order valence-corrected chi connectivity index (χ4v) is 2.37. The quantitative estimate of drug-likeness (QED) is 0.839. The molecule has 1 atom stereocenters. The predicted molar refractivity (Wildman–Crippen MR) is 68.7 cm³/mol. The molecule has 1 aromatic carbocycles. The van der Waals surface area contributed by atoms with E-state index in [-0.39, 0.29) is 18.6 Å². The number of carboxylic acid groups (broad SMARTS) is 1. The van der Waals surface area contributed by atoms with Crippen LogP contribution >= 0.6 is 0 Å². The Bertz CT molecular complexity index is 472. The fourth-order valence-electron chi connectivity index (χ4n) is 2.37. The molecule has 0 saturated carbocycles. The highest BCUT2D eigenvalue weighted by Gasteiger charge is 2.21. The summed E-state index contributed by atoms with van der Waals surface area (Å²) in [4.78, 5) is 22.0. The number of nitrogens with one attached hydrogen (secondary N) is 1. The molecule has 0 radical (unpaired) electrons. The summed E-state index contributed by atoms with van der Waals surface area (Å²) in [7, 11) is 0. The van der Waals surface area contributed by atoms with Gasteiger partial charge in [-0.3, -0.25) is 4.79 Å². The van der Waals surface area contributed by atoms with Crippen LogP contribution in [-0.2, 0) is 20.7 Å². The van der Waals surface area contributed by atoms with Crippen molar-refractivity contribution in [1.29, 1.82) is 0 Å². The van der Waals surface area contributed by atoms with Crippen LogP contribution in [-0.4, -0.2) is 30.2 Å². The van der Waals surface area contributed by atoms with E-state index in [1.807, 2.05) is 18.2 Å². The summed E-state index contributed by atoms with van der Waals surface area (Å²) < 4.78 is 4.77. The molecule has 19 heavy (non-hydrogen) atoms. The number of fused-ring (bicyclic) bond motifs is 1. The van der Waals surface area contributed by atoms with E-state index in [0.717, 1.165) is 24.8 Å². The third-order valence-corrected chi connectivity index (χ3v) is 3.16. The number of benzene rings is 1. The molecule has 0 saturated heterocycles. The van der Waals surface area contributed by atoms with E-state index in [1.165, 1.54) is 5.56 Å². The van der Waals surface area contributed by atoms with Crippen LogP contribution in [0, 0.1) is 0 Å². The maximum absolute atomic E-state index is 11.7. The molecule has 5 nitrogen and oxygen atoms in total. The lowest BCUT2D eigenvalue weighted by Crippen LogP contribution is -2.34. The Morgan fingerprint density at radius 2 is 2.11 bits per heavy atom. The zero-order chi connectivity index (χ0) is 13.7. The van der Waals surface area contributed by atoms with Crippen molar-refractivity contribution in [3.05, 3.63) is 35.4 Å². The molecule has 1 aliphatic rings. The van der Waals surface area contributed by atoms with Gasteiger partial charge in [0.05, 0.1) is 6.04 Å². The third-order valence-electron chi connectivity index (χ3n) is 3.16. The third kappa shape index (κ3) is 3.79. The van der Waals surface area contributed by atoms with Gasteiger partial charge in [-0.1, -0.05) is 24.3 Å². The van der Waals surface area contributed by atoms with E-state index >= 15 is 0 Å². The predicted octanol–water partition coefficient (Wildman–Crippen LogP) is 1.28. The molecule has 5 heteroatoms. The van der Waals surface area contributed by atoms with E-state index < -0.39 is 12.6 Å². The molecule has 0 bridgehead atoms. The van der Waals surface area contributed by atoms with Gasteiger partial charge in [0.1, 0.15) is 13.2 Å². The average molecular weight is 263 g/mol. The summed E-state index contributed by atoms with van der Waals surface area (Å²) >= 11 is 0. The summed E-state index contributed by atoms with van der Waals surface area (Å²) in [6.07, 6.45) is 2.98. The fraction of sp³-hybridized carbons (Fsp3) is 0.429. The minimum absolute atomic E-state index is 0.00544. The van der Waals surface area contributed by atoms with Gasteiger partial charge >= 0.3 is 5.97 Å². The van der Waals surface area contributed by atoms with Crippen molar-refractivity contribution in [2.24, 2.45) is 0 Å². The second-order valence-electron chi connectivity index (χ2n) is 4.60. The summed E-state index contributed by atoms with van der Waals surface area (Å²) in [6.45, 7) is -0.667. The summed E-state index contributed by atoms with van der Waals surface area (Å²) in [5.41, 5.74) is 2.42. The lowest BCUT2D eigenvalue weighted by molar-refractivity contribution is -0.143. The second kappa shape index (κ2) is 6.33. The van der Waals surface area contributed by atoms with Crippen molar-refractivity contribution in [2.75, 3.05) is 13.2 Å². The molecule has 0 fully saturated rings. The first kappa shape index (κ1) is 13.5. The van der Waals surface area contributed by atoms with Crippen molar-refractivity contribution in [3.63, 3.8) is 0 Å². The van der Waals surface area contributed by atoms with Gasteiger partial charge in [-0.25, -0.2) is 4.79 Å². The molecule has 2 rings (SSSR count). The summed E-state index contributed by atoms with van der Waals surface area (Å²) in [5, 5.41) is 11.3. The molecule has 2 N–H and O–H groups in total. The Hall–Kier alpha value is -1.88. The molecule has 0 unspecified atom stereocenters. The number of carbonyl (C=O) groups excluding carboxylic acids is 1. The molecule has 0 aromatic heterocycles. The lowest BCUT2D eigenvalue weighted by atomic mass is 9.88. The van der Waals surface area contributed by atoms with Crippen LogP contribution in [0.3, 0.4) is 0 Å². The lowest BCUT2D eigenvalue weighted by Gasteiger charge is -2.26. The molecular weight excluding hydrogens is 246 g/mol. The molecule has 1 aromatic rings. The van der Waals surface area contributed by atoms with E-state index in [9.17, 15) is 9.59 Å². The Morgan fingerprint density at radius 3 is 2.89 bits per heavy atom. The molecule has 102 valence electrons. The number of carbonyl (C=O) groups is 2. The molecule has 0 aliphatic heterocycles. The van der Waals surface area contributed by atoms with Crippen molar-refractivity contribution in [3.8, 4) is 0 Å². The second-order valence-corrected chi connectivity index (χ2v) is 4.60. The molecule has 1 amide bonds. The van der Waals surface area contributed by atoms with E-state index in [4.69, 9.17) is 9.84 Å². The molecule has 0 heterocycles. The Kier molecular flexibility index (Phi) is 4.52. The molecule has 1 aliphatic carbocycles. The van der Waals surface area contributed by atoms with Gasteiger partial charge < -0.3 is 15.2 Å². The van der Waals surface area contributed by atoms with Gasteiger partial charge in [0.25, 0.3) is 0 Å². The van der Waals surface area contributed by atoms with Crippen LogP contribution in [0.1, 0.15) is 30.0 Å². The van der Waals surface area contributed by atoms with Crippen LogP contribution in [0.5, 0.6) is 0 Å². The maximum atomic E-state index is 11.7. The van der Waals surface area contributed by atoms with Crippen LogP contribution < -0.4 is 5.32 Å². The largest absolute Gasteiger partial charge is 0.480 e. The van der Waals surface area contributed by atoms with Gasteiger partial charge in [-0.05, 0) is 30.4 Å². The number of ether oxygens (including phenoxy) is 1. The van der Waals surface area contributed by atoms with Gasteiger partial charge in [-0.15, -0.1) is 0 Å². The standard InChI is InChI=1S/C14H17NO4/c16-13(8-19-9-14(17)18)15-12-7-3-5-10-4-1-2-6-11(10)12/h1-2,4,6,12H,3,5,7-9H2,(H,15,16)(H,17,18)/t12-/m0/s1. The Balaban J connectivity index is 1.90. The monoisotopic (exact) mass is 263 g/mol. The Morgan fingerprint density at radius 1 is 1.32 bits per heavy atom. The number of hydrogen-bond donors (Lipinski definition) is 2. The van der Waals surface area contributed by atoms with Crippen LogP contribution in [0.4, 0.5) is 0 Å². The first-order valence-electron chi connectivity index (χ1n) is 6.33. The first-order valence-corrected chi connectivity index (χ1v) is 6.33. The number of aryl methyl sites for hydroxylation is 1. The topological polar surface area (TPSA) is 75.6 Å². The number of amides is 1. The van der Waals surface area contributed by atoms with Gasteiger partial charge in [0.2, 0.25) is 5.91 Å². The minimum Gasteiger partial charge on any atom is -0.480 e. The van der Waals surface area contributed by atoms with Crippen LogP contribution in [0.25, 0.3) is 0 Å². The normalized spacial score (nSPS) is 17.6. The SMILES string of the molecule is O=C(O)COCC(=O)N[C@H]1CCCc2ccccc21. The number of rotatable bonds is 5. The number of carboxylic acids is 1. The summed E-state index contributed by atoms with van der Waals surface area (Å²) in [5.74, 6) is -1.35. The van der Waals surface area contributed by atoms with Gasteiger partial charge in [-0.2, -0.15) is 0 Å². The zero-order valence-corrected chi connectivity index (χ0v) is 10.6. The Labute approximate surface area is 111 Å². The van der Waals surface area contributed by atoms with E-state index in [0.29, 0.717) is 0 Å². The minimum atomic E-state index is -1.07. The maximum Gasteiger partial charge on any atom is 0.329 e.